The summed E-state index contributed by atoms with van der Waals surface area (Å²) in [5.41, 5.74) is 0.833. The van der Waals surface area contributed by atoms with Gasteiger partial charge in [-0.3, -0.25) is 0 Å². The zero-order chi connectivity index (χ0) is 15.1. The number of nitrogens with zero attached hydrogens (tertiary/aromatic N) is 1. The zero-order valence-electron chi connectivity index (χ0n) is 11.1. The lowest BCUT2D eigenvalue weighted by Crippen LogP contribution is -2.42. The van der Waals surface area contributed by atoms with Crippen LogP contribution in [0.4, 0.5) is 4.79 Å². The van der Waals surface area contributed by atoms with Crippen molar-refractivity contribution in [1.29, 1.82) is 0 Å². The van der Waals surface area contributed by atoms with Crippen LogP contribution in [-0.2, 0) is 22.6 Å². The van der Waals surface area contributed by atoms with Crippen LogP contribution in [0.1, 0.15) is 10.6 Å². The summed E-state index contributed by atoms with van der Waals surface area (Å²) in [6.07, 6.45) is 0.961. The molecule has 6 nitrogen and oxygen atoms in total. The van der Waals surface area contributed by atoms with Crippen LogP contribution >= 0.6 is 11.3 Å². The number of ether oxygens (including phenoxy) is 1. The number of alkyl carbamates (subject to hydrolysis) is 1. The Labute approximate surface area is 125 Å². The first-order valence-electron chi connectivity index (χ1n) is 6.23. The summed E-state index contributed by atoms with van der Waals surface area (Å²) in [5.74, 6) is -1.12. The van der Waals surface area contributed by atoms with Crippen LogP contribution in [0.3, 0.4) is 0 Å². The summed E-state index contributed by atoms with van der Waals surface area (Å²) < 4.78 is 5.00. The highest BCUT2D eigenvalue weighted by Gasteiger charge is 2.22. The van der Waals surface area contributed by atoms with Crippen molar-refractivity contribution < 1.29 is 19.4 Å². The summed E-state index contributed by atoms with van der Waals surface area (Å²) in [5, 5.41) is 13.8. The molecule has 2 rings (SSSR count). The standard InChI is InChI=1S/C14H14N2O4S/c17-13(18)11(8-12-15-6-7-21-12)16-14(19)20-9-10-4-2-1-3-5-10/h1-7,11H,8-9H2,(H,16,19)(H,17,18)/t11-/m0/s1. The van der Waals surface area contributed by atoms with Gasteiger partial charge in [-0.25, -0.2) is 14.6 Å². The second-order valence-electron chi connectivity index (χ2n) is 4.23. The van der Waals surface area contributed by atoms with Gasteiger partial charge in [0.2, 0.25) is 0 Å². The average Bonchev–Trinajstić information content (AvgIpc) is 2.98. The molecule has 1 aromatic carbocycles. The minimum atomic E-state index is -1.12. The van der Waals surface area contributed by atoms with Crippen LogP contribution in [0.25, 0.3) is 0 Å². The number of carboxylic acid groups (broad SMARTS) is 1. The van der Waals surface area contributed by atoms with Gasteiger partial charge in [0.25, 0.3) is 0 Å². The van der Waals surface area contributed by atoms with Gasteiger partial charge in [0.05, 0.1) is 5.01 Å². The van der Waals surface area contributed by atoms with E-state index in [1.807, 2.05) is 30.3 Å². The van der Waals surface area contributed by atoms with Crippen LogP contribution in [0.5, 0.6) is 0 Å². The van der Waals surface area contributed by atoms with E-state index in [2.05, 4.69) is 10.3 Å². The molecule has 0 unspecified atom stereocenters. The highest BCUT2D eigenvalue weighted by Crippen LogP contribution is 2.08. The van der Waals surface area contributed by atoms with Crippen molar-refractivity contribution in [2.24, 2.45) is 0 Å². The molecule has 0 aliphatic heterocycles. The summed E-state index contributed by atoms with van der Waals surface area (Å²) in [4.78, 5) is 26.8. The Morgan fingerprint density at radius 2 is 2.10 bits per heavy atom. The van der Waals surface area contributed by atoms with E-state index in [4.69, 9.17) is 9.84 Å². The maximum absolute atomic E-state index is 11.6. The SMILES string of the molecule is O=C(N[C@@H](Cc1nccs1)C(=O)O)OCc1ccccc1. The van der Waals surface area contributed by atoms with Crippen molar-refractivity contribution in [2.45, 2.75) is 19.1 Å². The molecule has 2 aromatic rings. The van der Waals surface area contributed by atoms with Crippen LogP contribution in [0.2, 0.25) is 0 Å². The van der Waals surface area contributed by atoms with E-state index in [1.165, 1.54) is 11.3 Å². The summed E-state index contributed by atoms with van der Waals surface area (Å²) in [7, 11) is 0. The minimum absolute atomic E-state index is 0.0935. The number of thiazole rings is 1. The lowest BCUT2D eigenvalue weighted by Gasteiger charge is -2.13. The van der Waals surface area contributed by atoms with Gasteiger partial charge in [-0.1, -0.05) is 30.3 Å². The number of nitrogens with one attached hydrogen (secondary N) is 1. The third-order valence-electron chi connectivity index (χ3n) is 2.67. The Morgan fingerprint density at radius 1 is 1.33 bits per heavy atom. The Balaban J connectivity index is 1.85. The molecule has 0 saturated carbocycles. The first kappa shape index (κ1) is 15.0. The third kappa shape index (κ3) is 4.88. The second-order valence-corrected chi connectivity index (χ2v) is 5.21. The Morgan fingerprint density at radius 3 is 2.71 bits per heavy atom. The van der Waals surface area contributed by atoms with Crippen LogP contribution in [0.15, 0.2) is 41.9 Å². The number of amides is 1. The molecule has 0 aliphatic carbocycles. The van der Waals surface area contributed by atoms with E-state index in [-0.39, 0.29) is 13.0 Å². The van der Waals surface area contributed by atoms with Crippen molar-refractivity contribution in [2.75, 3.05) is 0 Å². The molecule has 0 saturated heterocycles. The fourth-order valence-electron chi connectivity index (χ4n) is 1.64. The molecular weight excluding hydrogens is 292 g/mol. The van der Waals surface area contributed by atoms with Gasteiger partial charge in [-0.05, 0) is 5.56 Å². The predicted octanol–water partition coefficient (Wildman–Crippen LogP) is 2.07. The van der Waals surface area contributed by atoms with Crippen molar-refractivity contribution in [1.82, 2.24) is 10.3 Å². The van der Waals surface area contributed by atoms with Gasteiger partial charge in [-0.2, -0.15) is 0 Å². The maximum Gasteiger partial charge on any atom is 0.408 e. The van der Waals surface area contributed by atoms with E-state index < -0.39 is 18.1 Å². The van der Waals surface area contributed by atoms with Crippen LogP contribution in [0, 0.1) is 0 Å². The molecule has 7 heteroatoms. The normalized spacial score (nSPS) is 11.6. The molecule has 1 heterocycles. The lowest BCUT2D eigenvalue weighted by atomic mass is 10.2. The van der Waals surface area contributed by atoms with E-state index >= 15 is 0 Å². The molecule has 1 atom stereocenters. The maximum atomic E-state index is 11.6. The topological polar surface area (TPSA) is 88.5 Å². The van der Waals surface area contributed by atoms with Gasteiger partial charge >= 0.3 is 12.1 Å². The Hall–Kier alpha value is -2.41. The number of carbonyl (C=O) groups is 2. The first-order chi connectivity index (χ1) is 10.1. The highest BCUT2D eigenvalue weighted by atomic mass is 32.1. The largest absolute Gasteiger partial charge is 0.480 e. The first-order valence-corrected chi connectivity index (χ1v) is 7.11. The fourth-order valence-corrected chi connectivity index (χ4v) is 2.30. The molecule has 21 heavy (non-hydrogen) atoms. The van der Waals surface area contributed by atoms with Crippen molar-refractivity contribution >= 4 is 23.4 Å². The number of carboxylic acids is 1. The van der Waals surface area contributed by atoms with Gasteiger partial charge in [0.1, 0.15) is 12.6 Å². The van der Waals surface area contributed by atoms with Gasteiger partial charge in [0, 0.05) is 18.0 Å². The lowest BCUT2D eigenvalue weighted by molar-refractivity contribution is -0.139. The molecule has 110 valence electrons. The molecule has 0 aliphatic rings. The van der Waals surface area contributed by atoms with Gasteiger partial charge in [0.15, 0.2) is 0 Å². The van der Waals surface area contributed by atoms with E-state index in [0.717, 1.165) is 5.56 Å². The molecular formula is C14H14N2O4S. The highest BCUT2D eigenvalue weighted by molar-refractivity contribution is 7.09. The quantitative estimate of drug-likeness (QED) is 0.853. The monoisotopic (exact) mass is 306 g/mol. The van der Waals surface area contributed by atoms with E-state index in [1.54, 1.807) is 11.6 Å². The van der Waals surface area contributed by atoms with Crippen molar-refractivity contribution in [3.63, 3.8) is 0 Å². The van der Waals surface area contributed by atoms with Crippen LogP contribution in [-0.4, -0.2) is 28.2 Å². The van der Waals surface area contributed by atoms with Crippen molar-refractivity contribution in [3.8, 4) is 0 Å². The molecule has 0 spiro atoms. The zero-order valence-corrected chi connectivity index (χ0v) is 11.9. The summed E-state index contributed by atoms with van der Waals surface area (Å²) in [6.45, 7) is 0.0935. The smallest absolute Gasteiger partial charge is 0.408 e. The van der Waals surface area contributed by atoms with Gasteiger partial charge < -0.3 is 15.2 Å². The number of aliphatic carboxylic acids is 1. The van der Waals surface area contributed by atoms with Gasteiger partial charge in [-0.15, -0.1) is 11.3 Å². The molecule has 2 N–H and O–H groups in total. The molecule has 0 bridgehead atoms. The number of hydrogen-bond acceptors (Lipinski definition) is 5. The Kier molecular flexibility index (Phi) is 5.28. The average molecular weight is 306 g/mol. The number of benzene rings is 1. The van der Waals surface area contributed by atoms with E-state index in [9.17, 15) is 9.59 Å². The number of rotatable bonds is 6. The van der Waals surface area contributed by atoms with Crippen molar-refractivity contribution in [3.05, 3.63) is 52.5 Å². The second kappa shape index (κ2) is 7.39. The molecule has 1 amide bonds. The number of carbonyl (C=O) groups excluding carboxylic acids is 1. The molecule has 1 aromatic heterocycles. The third-order valence-corrected chi connectivity index (χ3v) is 3.47. The summed E-state index contributed by atoms with van der Waals surface area (Å²) >= 11 is 1.34. The number of hydrogen-bond donors (Lipinski definition) is 2. The predicted molar refractivity (Wildman–Crippen MR) is 77.0 cm³/mol. The van der Waals surface area contributed by atoms with Crippen LogP contribution < -0.4 is 5.32 Å². The Bertz CT molecular complexity index is 586. The summed E-state index contributed by atoms with van der Waals surface area (Å²) in [6, 6.07) is 8.10. The minimum Gasteiger partial charge on any atom is -0.480 e. The van der Waals surface area contributed by atoms with E-state index in [0.29, 0.717) is 5.01 Å². The molecule has 0 fully saturated rings. The number of aromatic nitrogens is 1. The molecule has 0 radical (unpaired) electrons. The fraction of sp³-hybridized carbons (Fsp3) is 0.214.